The third-order valence-electron chi connectivity index (χ3n) is 3.96. The highest BCUT2D eigenvalue weighted by molar-refractivity contribution is 6.09. The molecule has 1 aliphatic rings. The first-order chi connectivity index (χ1) is 10.2. The van der Waals surface area contributed by atoms with E-state index in [2.05, 4.69) is 4.90 Å². The van der Waals surface area contributed by atoms with Gasteiger partial charge >= 0.3 is 0 Å². The molecule has 0 bridgehead atoms. The Hall–Kier alpha value is -2.00. The molecule has 0 radical (unpaired) electrons. The van der Waals surface area contributed by atoms with Gasteiger partial charge in [0.05, 0.1) is 0 Å². The number of hydrogen-bond acceptors (Lipinski definition) is 2. The summed E-state index contributed by atoms with van der Waals surface area (Å²) < 4.78 is 13.0. The van der Waals surface area contributed by atoms with Crippen LogP contribution in [0.1, 0.15) is 34.3 Å². The van der Waals surface area contributed by atoms with Gasteiger partial charge in [-0.3, -0.25) is 9.69 Å². The molecule has 0 aliphatic carbocycles. The van der Waals surface area contributed by atoms with Crippen molar-refractivity contribution in [1.82, 2.24) is 4.90 Å². The van der Waals surface area contributed by atoms with E-state index in [9.17, 15) is 9.18 Å². The van der Waals surface area contributed by atoms with E-state index in [4.69, 9.17) is 0 Å². The second-order valence-electron chi connectivity index (χ2n) is 5.48. The van der Waals surface area contributed by atoms with Crippen molar-refractivity contribution in [3.63, 3.8) is 0 Å². The minimum absolute atomic E-state index is 0.0372. The van der Waals surface area contributed by atoms with Crippen molar-refractivity contribution in [1.29, 1.82) is 0 Å². The van der Waals surface area contributed by atoms with Gasteiger partial charge in [-0.2, -0.15) is 0 Å². The summed E-state index contributed by atoms with van der Waals surface area (Å²) in [6, 6.07) is 13.5. The van der Waals surface area contributed by atoms with E-state index >= 15 is 0 Å². The van der Waals surface area contributed by atoms with Crippen molar-refractivity contribution in [2.24, 2.45) is 0 Å². The number of carbonyl (C=O) groups excluding carboxylic acids is 1. The van der Waals surface area contributed by atoms with Crippen LogP contribution in [0.5, 0.6) is 0 Å². The molecule has 1 fully saturated rings. The third kappa shape index (κ3) is 3.19. The number of carbonyl (C=O) groups is 1. The molecule has 1 saturated heterocycles. The second-order valence-corrected chi connectivity index (χ2v) is 5.48. The van der Waals surface area contributed by atoms with Crippen LogP contribution in [0.15, 0.2) is 48.5 Å². The molecule has 0 saturated carbocycles. The maximum Gasteiger partial charge on any atom is 0.193 e. The van der Waals surface area contributed by atoms with Crippen LogP contribution in [-0.4, -0.2) is 23.8 Å². The summed E-state index contributed by atoms with van der Waals surface area (Å²) in [7, 11) is 0. The molecule has 0 unspecified atom stereocenters. The average Bonchev–Trinajstić information content (AvgIpc) is 3.01. The molecule has 1 heterocycles. The quantitative estimate of drug-likeness (QED) is 0.798. The molecule has 2 aromatic carbocycles. The van der Waals surface area contributed by atoms with Gasteiger partial charge < -0.3 is 0 Å². The Kier molecular flexibility index (Phi) is 4.11. The van der Waals surface area contributed by atoms with Crippen molar-refractivity contribution >= 4 is 5.78 Å². The lowest BCUT2D eigenvalue weighted by Gasteiger charge is -2.17. The fourth-order valence-corrected chi connectivity index (χ4v) is 2.82. The zero-order valence-electron chi connectivity index (χ0n) is 11.9. The summed E-state index contributed by atoms with van der Waals surface area (Å²) in [6.07, 6.45) is 2.46. The normalized spacial score (nSPS) is 15.3. The number of rotatable bonds is 4. The summed E-state index contributed by atoms with van der Waals surface area (Å²) in [4.78, 5) is 15.0. The maximum atomic E-state index is 13.0. The van der Waals surface area contributed by atoms with Crippen LogP contribution in [0.25, 0.3) is 0 Å². The number of likely N-dealkylation sites (tertiary alicyclic amines) is 1. The van der Waals surface area contributed by atoms with Crippen LogP contribution < -0.4 is 0 Å². The van der Waals surface area contributed by atoms with Gasteiger partial charge in [0.15, 0.2) is 5.78 Å². The fraction of sp³-hybridized carbons (Fsp3) is 0.278. The third-order valence-corrected chi connectivity index (χ3v) is 3.96. The molecule has 0 N–H and O–H groups in total. The van der Waals surface area contributed by atoms with Crippen molar-refractivity contribution in [2.75, 3.05) is 13.1 Å². The molecule has 3 rings (SSSR count). The Bertz CT molecular complexity index is 630. The van der Waals surface area contributed by atoms with Crippen LogP contribution in [0, 0.1) is 5.82 Å². The van der Waals surface area contributed by atoms with Crippen LogP contribution in [-0.2, 0) is 6.54 Å². The monoisotopic (exact) mass is 283 g/mol. The zero-order chi connectivity index (χ0) is 14.7. The van der Waals surface area contributed by atoms with Crippen molar-refractivity contribution in [3.8, 4) is 0 Å². The van der Waals surface area contributed by atoms with Gasteiger partial charge in [0, 0.05) is 17.7 Å². The van der Waals surface area contributed by atoms with Gasteiger partial charge in [-0.15, -0.1) is 0 Å². The molecule has 0 spiro atoms. The molecule has 0 atom stereocenters. The summed E-state index contributed by atoms with van der Waals surface area (Å²) in [5.74, 6) is -0.360. The van der Waals surface area contributed by atoms with E-state index in [0.29, 0.717) is 5.56 Å². The summed E-state index contributed by atoms with van der Waals surface area (Å²) in [6.45, 7) is 3.00. The highest BCUT2D eigenvalue weighted by Crippen LogP contribution is 2.19. The van der Waals surface area contributed by atoms with Crippen molar-refractivity contribution in [3.05, 3.63) is 71.0 Å². The van der Waals surface area contributed by atoms with E-state index in [1.807, 2.05) is 24.3 Å². The topological polar surface area (TPSA) is 20.3 Å². The Morgan fingerprint density at radius 3 is 2.38 bits per heavy atom. The van der Waals surface area contributed by atoms with Gasteiger partial charge in [0.1, 0.15) is 5.82 Å². The highest BCUT2D eigenvalue weighted by atomic mass is 19.1. The predicted octanol–water partition coefficient (Wildman–Crippen LogP) is 3.65. The number of ketones is 1. The zero-order valence-corrected chi connectivity index (χ0v) is 11.9. The van der Waals surface area contributed by atoms with E-state index in [-0.39, 0.29) is 11.6 Å². The highest BCUT2D eigenvalue weighted by Gasteiger charge is 2.17. The van der Waals surface area contributed by atoms with Gasteiger partial charge in [-0.05, 0) is 55.8 Å². The predicted molar refractivity (Wildman–Crippen MR) is 80.8 cm³/mol. The second kappa shape index (κ2) is 6.19. The minimum atomic E-state index is -0.322. The van der Waals surface area contributed by atoms with Gasteiger partial charge in [-0.25, -0.2) is 4.39 Å². The molecule has 21 heavy (non-hydrogen) atoms. The SMILES string of the molecule is O=C(c1ccc(F)cc1)c1ccccc1CN1CCCC1. The van der Waals surface area contributed by atoms with Gasteiger partial charge in [0.2, 0.25) is 0 Å². The molecular weight excluding hydrogens is 265 g/mol. The lowest BCUT2D eigenvalue weighted by molar-refractivity contribution is 0.103. The largest absolute Gasteiger partial charge is 0.299 e. The van der Waals surface area contributed by atoms with E-state index < -0.39 is 0 Å². The van der Waals surface area contributed by atoms with E-state index in [0.717, 1.165) is 30.8 Å². The first-order valence-electron chi connectivity index (χ1n) is 7.34. The van der Waals surface area contributed by atoms with Crippen LogP contribution in [0.2, 0.25) is 0 Å². The molecule has 2 nitrogen and oxygen atoms in total. The lowest BCUT2D eigenvalue weighted by Crippen LogP contribution is -2.20. The molecular formula is C18H18FNO. The average molecular weight is 283 g/mol. The number of halogens is 1. The fourth-order valence-electron chi connectivity index (χ4n) is 2.82. The van der Waals surface area contributed by atoms with Gasteiger partial charge in [-0.1, -0.05) is 24.3 Å². The van der Waals surface area contributed by atoms with Crippen LogP contribution in [0.3, 0.4) is 0 Å². The smallest absolute Gasteiger partial charge is 0.193 e. The minimum Gasteiger partial charge on any atom is -0.299 e. The summed E-state index contributed by atoms with van der Waals surface area (Å²) in [5, 5.41) is 0. The Morgan fingerprint density at radius 1 is 1.00 bits per heavy atom. The lowest BCUT2D eigenvalue weighted by atomic mass is 9.98. The number of benzene rings is 2. The molecule has 0 aromatic heterocycles. The van der Waals surface area contributed by atoms with Crippen molar-refractivity contribution < 1.29 is 9.18 Å². The van der Waals surface area contributed by atoms with Gasteiger partial charge in [0.25, 0.3) is 0 Å². The molecule has 1 aliphatic heterocycles. The standard InChI is InChI=1S/C18H18FNO/c19-16-9-7-14(8-10-16)18(21)17-6-2-1-5-15(17)13-20-11-3-4-12-20/h1-2,5-10H,3-4,11-13H2. The molecule has 2 aromatic rings. The van der Waals surface area contributed by atoms with Crippen LogP contribution in [0.4, 0.5) is 4.39 Å². The number of nitrogens with zero attached hydrogens (tertiary/aromatic N) is 1. The van der Waals surface area contributed by atoms with Crippen molar-refractivity contribution in [2.45, 2.75) is 19.4 Å². The molecule has 3 heteroatoms. The van der Waals surface area contributed by atoms with Crippen LogP contribution >= 0.6 is 0 Å². The first kappa shape index (κ1) is 14.0. The first-order valence-corrected chi connectivity index (χ1v) is 7.34. The summed E-state index contributed by atoms with van der Waals surface area (Å²) >= 11 is 0. The maximum absolute atomic E-state index is 13.0. The van der Waals surface area contributed by atoms with E-state index in [1.54, 1.807) is 12.1 Å². The molecule has 0 amide bonds. The number of hydrogen-bond donors (Lipinski definition) is 0. The molecule has 108 valence electrons. The summed E-state index contributed by atoms with van der Waals surface area (Å²) in [5.41, 5.74) is 2.30. The Labute approximate surface area is 124 Å². The Morgan fingerprint density at radius 2 is 1.67 bits per heavy atom. The van der Waals surface area contributed by atoms with E-state index in [1.165, 1.54) is 25.0 Å². The Balaban J connectivity index is 1.86.